The maximum absolute atomic E-state index is 11.9. The molecule has 0 bridgehead atoms. The Bertz CT molecular complexity index is 1630. The number of allylic oxidation sites excluding steroid dienone is 4. The summed E-state index contributed by atoms with van der Waals surface area (Å²) < 4.78 is 1.51. The predicted octanol–water partition coefficient (Wildman–Crippen LogP) is 24.9. The molecule has 0 fully saturated rings. The molecule has 2 aromatic rings. The van der Waals surface area contributed by atoms with Crippen molar-refractivity contribution < 1.29 is 19.1 Å². The van der Waals surface area contributed by atoms with Crippen LogP contribution in [0.5, 0.6) is 0 Å². The average molecular weight is 1050 g/mol. The van der Waals surface area contributed by atoms with Crippen LogP contribution < -0.4 is 0 Å². The van der Waals surface area contributed by atoms with E-state index in [0.717, 1.165) is 61.0 Å². The maximum atomic E-state index is 11.9. The summed E-state index contributed by atoms with van der Waals surface area (Å²) in [4.78, 5) is 0. The van der Waals surface area contributed by atoms with Crippen molar-refractivity contribution in [1.29, 1.82) is 0 Å². The molecule has 0 unspecified atom stereocenters. The Morgan fingerprint density at radius 1 is 0.370 bits per heavy atom. The fraction of sp³-hybridized carbons (Fsp3) is 0.743. The van der Waals surface area contributed by atoms with Gasteiger partial charge in [0, 0.05) is 16.7 Å². The van der Waals surface area contributed by atoms with Gasteiger partial charge in [-0.3, -0.25) is 0 Å². The first kappa shape index (κ1) is 66.9. The third-order valence-electron chi connectivity index (χ3n) is 15.3. The van der Waals surface area contributed by atoms with Crippen molar-refractivity contribution in [2.75, 3.05) is 0 Å². The third kappa shape index (κ3) is 33.5. The summed E-state index contributed by atoms with van der Waals surface area (Å²) in [5, 5.41) is 2.87. The predicted molar refractivity (Wildman–Crippen MR) is 324 cm³/mol. The van der Waals surface area contributed by atoms with E-state index in [-0.39, 0.29) is 0 Å². The molecule has 3 rings (SSSR count). The van der Waals surface area contributed by atoms with Crippen LogP contribution in [0.3, 0.4) is 0 Å². The molecule has 1 aliphatic heterocycles. The Hall–Kier alpha value is -2.25. The zero-order valence-corrected chi connectivity index (χ0v) is 50.5. The van der Waals surface area contributed by atoms with Crippen LogP contribution in [0.1, 0.15) is 333 Å². The summed E-state index contributed by atoms with van der Waals surface area (Å²) in [6.45, 7) is 13.6. The van der Waals surface area contributed by atoms with Gasteiger partial charge in [0.2, 0.25) is 11.4 Å². The molecule has 0 radical (unpaired) electrons. The summed E-state index contributed by atoms with van der Waals surface area (Å²) in [6.07, 6.45) is 65.0. The SMILES string of the molecule is CCCCCCCC=CC1=C(c2ccc(CCCCC)cc2)[N+](=[N-])C(c2cccc(CCCC)c2)=C1CCCC.CCCCCCCCCCCCCCC[CH2][Ni][CH2]CCCCCCCCCCCCCCC. The molecular formula is C70H120N2Ni. The Labute approximate surface area is 462 Å². The number of hydrogen-bond donors (Lipinski definition) is 0. The van der Waals surface area contributed by atoms with Crippen molar-refractivity contribution in [3.05, 3.63) is 99.6 Å². The summed E-state index contributed by atoms with van der Waals surface area (Å²) >= 11 is 2.04. The molecule has 0 atom stereocenters. The molecule has 0 N–H and O–H groups in total. The smallest absolute Gasteiger partial charge is 0.0654 e. The zero-order chi connectivity index (χ0) is 52.5. The van der Waals surface area contributed by atoms with E-state index in [4.69, 9.17) is 0 Å². The molecule has 0 amide bonds. The molecule has 73 heavy (non-hydrogen) atoms. The van der Waals surface area contributed by atoms with Gasteiger partial charge in [0.1, 0.15) is 0 Å². The van der Waals surface area contributed by atoms with Crippen LogP contribution in [0.4, 0.5) is 0 Å². The Kier molecular flexibility index (Phi) is 45.2. The first-order valence-corrected chi connectivity index (χ1v) is 33.7. The fourth-order valence-corrected chi connectivity index (χ4v) is 11.7. The van der Waals surface area contributed by atoms with Crippen LogP contribution in [-0.4, -0.2) is 4.70 Å². The van der Waals surface area contributed by atoms with Gasteiger partial charge >= 0.3 is 166 Å². The molecule has 420 valence electrons. The molecule has 0 saturated heterocycles. The van der Waals surface area contributed by atoms with Crippen LogP contribution in [0.25, 0.3) is 16.9 Å². The summed E-state index contributed by atoms with van der Waals surface area (Å²) in [5.74, 6) is 0. The van der Waals surface area contributed by atoms with Gasteiger partial charge in [0.25, 0.3) is 0 Å². The van der Waals surface area contributed by atoms with E-state index in [1.165, 1.54) is 282 Å². The molecule has 2 aromatic carbocycles. The second-order valence-corrected chi connectivity index (χ2v) is 23.7. The van der Waals surface area contributed by atoms with E-state index >= 15 is 0 Å². The van der Waals surface area contributed by atoms with E-state index < -0.39 is 0 Å². The van der Waals surface area contributed by atoms with E-state index in [2.05, 4.69) is 102 Å². The van der Waals surface area contributed by atoms with E-state index in [9.17, 15) is 5.53 Å². The van der Waals surface area contributed by atoms with Gasteiger partial charge in [0.05, 0.1) is 5.57 Å². The number of rotatable bonds is 49. The quantitative estimate of drug-likeness (QED) is 0.0359. The van der Waals surface area contributed by atoms with Gasteiger partial charge in [-0.05, 0) is 86.8 Å². The first-order chi connectivity index (χ1) is 36.1. The monoisotopic (exact) mass is 1050 g/mol. The molecule has 0 saturated carbocycles. The van der Waals surface area contributed by atoms with Crippen LogP contribution in [-0.2, 0) is 27.3 Å². The van der Waals surface area contributed by atoms with Gasteiger partial charge in [-0.1, -0.05) is 168 Å². The minimum Gasteiger partial charge on any atom is -0.0654 e. The van der Waals surface area contributed by atoms with Gasteiger partial charge in [0.15, 0.2) is 0 Å². The summed E-state index contributed by atoms with van der Waals surface area (Å²) in [5.41, 5.74) is 21.2. The van der Waals surface area contributed by atoms with Crippen molar-refractivity contribution in [1.82, 2.24) is 0 Å². The van der Waals surface area contributed by atoms with Gasteiger partial charge in [-0.2, -0.15) is 0 Å². The molecule has 2 nitrogen and oxygen atoms in total. The molecule has 1 heterocycles. The molecule has 0 aromatic heterocycles. The molecule has 1 aliphatic rings. The summed E-state index contributed by atoms with van der Waals surface area (Å²) in [7, 11) is 0. The Morgan fingerprint density at radius 2 is 0.767 bits per heavy atom. The van der Waals surface area contributed by atoms with Gasteiger partial charge in [-0.25, -0.2) is 4.70 Å². The van der Waals surface area contributed by atoms with Crippen molar-refractivity contribution in [2.45, 2.75) is 335 Å². The van der Waals surface area contributed by atoms with Gasteiger partial charge in [-0.15, -0.1) is 0 Å². The fourth-order valence-electron chi connectivity index (χ4n) is 10.5. The first-order valence-electron chi connectivity index (χ1n) is 32.3. The van der Waals surface area contributed by atoms with Crippen molar-refractivity contribution in [3.8, 4) is 0 Å². The normalized spacial score (nSPS) is 12.8. The Morgan fingerprint density at radius 3 is 1.23 bits per heavy atom. The summed E-state index contributed by atoms with van der Waals surface area (Å²) in [6, 6.07) is 17.8. The average Bonchev–Trinajstić information content (AvgIpc) is 3.69. The molecular weight excluding hydrogens is 927 g/mol. The van der Waals surface area contributed by atoms with E-state index in [0.29, 0.717) is 0 Å². The number of unbranched alkanes of at least 4 members (excludes halogenated alkanes) is 35. The second-order valence-electron chi connectivity index (χ2n) is 22.2. The minimum absolute atomic E-state index is 0.933. The van der Waals surface area contributed by atoms with Gasteiger partial charge < -0.3 is 5.53 Å². The second kappa shape index (κ2) is 49.3. The standard InChI is InChI=1S/C38H54N2.2C16H33.Ni/c1-5-9-13-14-15-16-18-25-36-35(24-12-8-4)38(34-23-19-22-32(30-34)20-11-7-3)40(39)37(36)33-28-26-31(27-29-33)21-17-10-6-2;2*1-3-5-7-9-11-13-15-16-14-12-10-8-6-4-2;/h18-19,22-23,25-30H,5-17,20-21,24H2,1-4H3;2*1,3-16H2,2H3;. The minimum atomic E-state index is 0.933. The van der Waals surface area contributed by atoms with Crippen LogP contribution >= 0.6 is 0 Å². The van der Waals surface area contributed by atoms with Crippen molar-refractivity contribution in [3.63, 3.8) is 0 Å². The topological polar surface area (TPSA) is 25.3 Å². The van der Waals surface area contributed by atoms with E-state index in [1.54, 1.807) is 0 Å². The third-order valence-corrected chi connectivity index (χ3v) is 16.7. The van der Waals surface area contributed by atoms with E-state index in [1.807, 2.05) is 14.4 Å². The number of benzene rings is 2. The number of hydrogen-bond acceptors (Lipinski definition) is 0. The zero-order valence-electron chi connectivity index (χ0n) is 49.5. The van der Waals surface area contributed by atoms with Crippen LogP contribution in [0, 0.1) is 0 Å². The number of aryl methyl sites for hydroxylation is 2. The molecule has 0 aliphatic carbocycles. The van der Waals surface area contributed by atoms with Crippen molar-refractivity contribution in [2.24, 2.45) is 0 Å². The Balaban J connectivity index is 0.000000511. The van der Waals surface area contributed by atoms with Crippen LogP contribution in [0.15, 0.2) is 71.8 Å². The van der Waals surface area contributed by atoms with Crippen LogP contribution in [0.2, 0.25) is 10.8 Å². The van der Waals surface area contributed by atoms with Crippen molar-refractivity contribution >= 4 is 11.4 Å². The number of nitrogens with zero attached hydrogens (tertiary/aromatic N) is 2. The molecule has 3 heteroatoms. The molecule has 0 spiro atoms.